The van der Waals surface area contributed by atoms with E-state index in [9.17, 15) is 9.82 Å². The summed E-state index contributed by atoms with van der Waals surface area (Å²) < 4.78 is 10.8. The van der Waals surface area contributed by atoms with Gasteiger partial charge in [0, 0.05) is 6.42 Å². The van der Waals surface area contributed by atoms with Crippen molar-refractivity contribution in [1.82, 2.24) is 0 Å². The Balaban J connectivity index is 1.87. The quantitative estimate of drug-likeness (QED) is 0.694. The van der Waals surface area contributed by atoms with Crippen LogP contribution in [0.5, 0.6) is 5.75 Å². The predicted octanol–water partition coefficient (Wildman–Crippen LogP) is 2.07. The van der Waals surface area contributed by atoms with Crippen LogP contribution in [0, 0.1) is 0 Å². The largest absolute Gasteiger partial charge is 0.496 e. The Morgan fingerprint density at radius 2 is 2.00 bits per heavy atom. The van der Waals surface area contributed by atoms with Crippen LogP contribution in [0.4, 0.5) is 0 Å². The smallest absolute Gasteiger partial charge is 0.492 e. The Morgan fingerprint density at radius 1 is 1.26 bits per heavy atom. The van der Waals surface area contributed by atoms with Crippen molar-refractivity contribution in [2.45, 2.75) is 25.9 Å². The van der Waals surface area contributed by atoms with Gasteiger partial charge in [0.1, 0.15) is 5.75 Å². The van der Waals surface area contributed by atoms with Crippen LogP contribution in [0.2, 0.25) is 0 Å². The van der Waals surface area contributed by atoms with Gasteiger partial charge in [0.2, 0.25) is 0 Å². The van der Waals surface area contributed by atoms with Crippen molar-refractivity contribution in [3.05, 3.63) is 59.2 Å². The van der Waals surface area contributed by atoms with Crippen molar-refractivity contribution >= 4 is 18.4 Å². The molecular formula is C18H19BO4. The molecule has 2 aromatic rings. The van der Waals surface area contributed by atoms with Crippen LogP contribution in [0.15, 0.2) is 42.5 Å². The summed E-state index contributed by atoms with van der Waals surface area (Å²) in [4.78, 5) is 12.5. The third-order valence-corrected chi connectivity index (χ3v) is 4.21. The van der Waals surface area contributed by atoms with E-state index >= 15 is 0 Å². The van der Waals surface area contributed by atoms with E-state index in [1.165, 1.54) is 0 Å². The average Bonchev–Trinajstić information content (AvgIpc) is 2.76. The highest BCUT2D eigenvalue weighted by Crippen LogP contribution is 2.30. The maximum atomic E-state index is 12.5. The molecule has 0 bridgehead atoms. The first kappa shape index (κ1) is 15.8. The Bertz CT molecular complexity index is 754. The minimum absolute atomic E-state index is 0.0185. The lowest BCUT2D eigenvalue weighted by Crippen LogP contribution is -2.29. The number of hydrogen-bond acceptors (Lipinski definition) is 4. The second-order valence-corrected chi connectivity index (χ2v) is 6.20. The zero-order valence-electron chi connectivity index (χ0n) is 13.5. The Hall–Kier alpha value is -2.11. The van der Waals surface area contributed by atoms with Gasteiger partial charge in [0.05, 0.1) is 18.3 Å². The normalized spacial score (nSPS) is 15.4. The number of carbonyl (C=O) groups excluding carboxylic acids is 1. The molecule has 1 N–H and O–H groups in total. The molecule has 1 heterocycles. The predicted molar refractivity (Wildman–Crippen MR) is 89.2 cm³/mol. The molecule has 0 fully saturated rings. The maximum absolute atomic E-state index is 12.5. The molecule has 0 aliphatic carbocycles. The summed E-state index contributed by atoms with van der Waals surface area (Å²) in [5, 5.41) is 10.0. The fraction of sp³-hybridized carbons (Fsp3) is 0.278. The first-order valence-corrected chi connectivity index (χ1v) is 7.58. The first-order chi connectivity index (χ1) is 10.9. The Labute approximate surface area is 136 Å². The number of carbonyl (C=O) groups is 1. The van der Waals surface area contributed by atoms with Gasteiger partial charge in [-0.25, -0.2) is 0 Å². The molecule has 0 aromatic heterocycles. The molecule has 4 nitrogen and oxygen atoms in total. The maximum Gasteiger partial charge on any atom is 0.492 e. The molecule has 23 heavy (non-hydrogen) atoms. The summed E-state index contributed by atoms with van der Waals surface area (Å²) in [6, 6.07) is 12.9. The van der Waals surface area contributed by atoms with Crippen molar-refractivity contribution in [3.8, 4) is 5.75 Å². The number of methoxy groups -OCH3 is 1. The third kappa shape index (κ3) is 2.90. The van der Waals surface area contributed by atoms with E-state index in [0.717, 1.165) is 16.6 Å². The van der Waals surface area contributed by atoms with E-state index in [1.807, 2.05) is 44.2 Å². The highest BCUT2D eigenvalue weighted by atomic mass is 16.5. The van der Waals surface area contributed by atoms with Crippen molar-refractivity contribution in [1.29, 1.82) is 0 Å². The highest BCUT2D eigenvalue weighted by Gasteiger charge is 2.40. The monoisotopic (exact) mass is 310 g/mol. The first-order valence-electron chi connectivity index (χ1n) is 7.58. The zero-order chi connectivity index (χ0) is 16.6. The fourth-order valence-corrected chi connectivity index (χ4v) is 3.04. The van der Waals surface area contributed by atoms with Gasteiger partial charge < -0.3 is 14.4 Å². The summed E-state index contributed by atoms with van der Waals surface area (Å²) in [7, 11) is 0.610. The van der Waals surface area contributed by atoms with Crippen molar-refractivity contribution in [3.63, 3.8) is 0 Å². The van der Waals surface area contributed by atoms with Crippen LogP contribution in [-0.2, 0) is 16.7 Å². The number of fused-ring (bicyclic) bond motifs is 1. The average molecular weight is 310 g/mol. The molecule has 2 aromatic carbocycles. The van der Waals surface area contributed by atoms with Gasteiger partial charge in [-0.15, -0.1) is 0 Å². The van der Waals surface area contributed by atoms with E-state index in [0.29, 0.717) is 11.3 Å². The SMILES string of the molecule is COc1ccccc1C(=O)Cc1ccc2c(c1)B(O)OC2(C)C. The fourth-order valence-electron chi connectivity index (χ4n) is 3.04. The summed E-state index contributed by atoms with van der Waals surface area (Å²) >= 11 is 0. The van der Waals surface area contributed by atoms with Gasteiger partial charge in [0.15, 0.2) is 5.78 Å². The molecule has 0 spiro atoms. The van der Waals surface area contributed by atoms with Crippen molar-refractivity contribution < 1.29 is 19.2 Å². The topological polar surface area (TPSA) is 55.8 Å². The van der Waals surface area contributed by atoms with Gasteiger partial charge in [-0.3, -0.25) is 4.79 Å². The number of benzene rings is 2. The van der Waals surface area contributed by atoms with E-state index in [2.05, 4.69) is 0 Å². The summed E-state index contributed by atoms with van der Waals surface area (Å²) in [6.45, 7) is 3.84. The molecule has 0 unspecified atom stereocenters. The van der Waals surface area contributed by atoms with E-state index in [-0.39, 0.29) is 12.2 Å². The minimum atomic E-state index is -0.943. The molecule has 1 aliphatic rings. The van der Waals surface area contributed by atoms with Crippen molar-refractivity contribution in [2.75, 3.05) is 7.11 Å². The molecule has 0 radical (unpaired) electrons. The van der Waals surface area contributed by atoms with Crippen LogP contribution >= 0.6 is 0 Å². The Kier molecular flexibility index (Phi) is 4.00. The van der Waals surface area contributed by atoms with E-state index in [4.69, 9.17) is 9.39 Å². The van der Waals surface area contributed by atoms with Gasteiger partial charge in [0.25, 0.3) is 0 Å². The summed E-state index contributed by atoms with van der Waals surface area (Å²) in [5.41, 5.74) is 2.59. The number of ketones is 1. The van der Waals surface area contributed by atoms with Crippen molar-refractivity contribution in [2.24, 2.45) is 0 Å². The van der Waals surface area contributed by atoms with Crippen LogP contribution < -0.4 is 10.2 Å². The van der Waals surface area contributed by atoms with Crippen LogP contribution in [-0.4, -0.2) is 25.0 Å². The molecule has 0 amide bonds. The number of ether oxygens (including phenoxy) is 1. The number of hydrogen-bond donors (Lipinski definition) is 1. The number of rotatable bonds is 4. The van der Waals surface area contributed by atoms with Crippen LogP contribution in [0.1, 0.15) is 35.3 Å². The summed E-state index contributed by atoms with van der Waals surface area (Å²) in [6.07, 6.45) is 0.251. The van der Waals surface area contributed by atoms with Gasteiger partial charge in [-0.2, -0.15) is 0 Å². The molecule has 0 saturated carbocycles. The second-order valence-electron chi connectivity index (χ2n) is 6.20. The molecule has 1 aliphatic heterocycles. The molecule has 5 heteroatoms. The minimum Gasteiger partial charge on any atom is -0.496 e. The summed E-state index contributed by atoms with van der Waals surface area (Å²) in [5.74, 6) is 0.554. The third-order valence-electron chi connectivity index (χ3n) is 4.21. The highest BCUT2D eigenvalue weighted by molar-refractivity contribution is 6.62. The van der Waals surface area contributed by atoms with E-state index in [1.54, 1.807) is 19.2 Å². The van der Waals surface area contributed by atoms with Gasteiger partial charge >= 0.3 is 7.12 Å². The van der Waals surface area contributed by atoms with Crippen LogP contribution in [0.25, 0.3) is 0 Å². The van der Waals surface area contributed by atoms with Gasteiger partial charge in [-0.1, -0.05) is 30.3 Å². The number of Topliss-reactive ketones (excluding diaryl/α,β-unsaturated/α-hetero) is 1. The lowest BCUT2D eigenvalue weighted by atomic mass is 9.77. The molecule has 0 saturated heterocycles. The lowest BCUT2D eigenvalue weighted by molar-refractivity contribution is 0.0988. The van der Waals surface area contributed by atoms with E-state index < -0.39 is 12.7 Å². The molecule has 118 valence electrons. The zero-order valence-corrected chi connectivity index (χ0v) is 13.5. The standard InChI is InChI=1S/C18H19BO4/c1-18(2)14-9-8-12(10-15(14)19(21)23-18)11-16(20)13-6-4-5-7-17(13)22-3/h4-10,21H,11H2,1-3H3. The lowest BCUT2D eigenvalue weighted by Gasteiger charge is -2.19. The second kappa shape index (κ2) is 5.83. The molecule has 0 atom stereocenters. The Morgan fingerprint density at radius 3 is 2.74 bits per heavy atom. The van der Waals surface area contributed by atoms with Gasteiger partial charge in [-0.05, 0) is 42.6 Å². The van der Waals surface area contributed by atoms with Crippen LogP contribution in [0.3, 0.4) is 0 Å². The molecular weight excluding hydrogens is 291 g/mol. The number of para-hydroxylation sites is 1. The molecule has 3 rings (SSSR count).